The second-order valence-electron chi connectivity index (χ2n) is 6.49. The van der Waals surface area contributed by atoms with Crippen LogP contribution in [-0.2, 0) is 0 Å². The molecule has 6 nitrogen and oxygen atoms in total. The Morgan fingerprint density at radius 2 is 1.90 bits per heavy atom. The van der Waals surface area contributed by atoms with Gasteiger partial charge in [-0.2, -0.15) is 4.99 Å². The first kappa shape index (κ1) is 19.1. The number of amides is 2. The lowest BCUT2D eigenvalue weighted by atomic mass is 10.1. The summed E-state index contributed by atoms with van der Waals surface area (Å²) in [7, 11) is 0. The number of aromatic nitrogens is 1. The third kappa shape index (κ3) is 4.14. The van der Waals surface area contributed by atoms with E-state index in [9.17, 15) is 13.6 Å². The van der Waals surface area contributed by atoms with E-state index in [0.717, 1.165) is 10.4 Å². The van der Waals surface area contributed by atoms with Gasteiger partial charge in [0.25, 0.3) is 0 Å². The molecule has 4 rings (SSSR count). The second-order valence-corrected chi connectivity index (χ2v) is 7.70. The Labute approximate surface area is 169 Å². The highest BCUT2D eigenvalue weighted by Gasteiger charge is 2.43. The molecule has 0 saturated carbocycles. The van der Waals surface area contributed by atoms with Crippen LogP contribution in [0.3, 0.4) is 0 Å². The highest BCUT2D eigenvalue weighted by molar-refractivity contribution is 7.09. The molecule has 29 heavy (non-hydrogen) atoms. The zero-order chi connectivity index (χ0) is 20.6. The fourth-order valence-electron chi connectivity index (χ4n) is 2.94. The molecule has 2 amide bonds. The number of urea groups is 1. The summed E-state index contributed by atoms with van der Waals surface area (Å²) in [6, 6.07) is 13.2. The number of aryl methyl sites for hydroxylation is 1. The SMILES string of the molecule is Cc1cn(-c2ccc3c(c2)OC(F)(F)O3)c(=NC(=O)NC(C)c2ccccc2)s1. The molecule has 2 heterocycles. The van der Waals surface area contributed by atoms with E-state index in [1.807, 2.05) is 44.2 Å². The van der Waals surface area contributed by atoms with Crippen molar-refractivity contribution in [2.45, 2.75) is 26.2 Å². The number of benzene rings is 2. The van der Waals surface area contributed by atoms with Gasteiger partial charge in [0, 0.05) is 17.1 Å². The maximum absolute atomic E-state index is 13.3. The summed E-state index contributed by atoms with van der Waals surface area (Å²) in [5.74, 6) is -0.115. The van der Waals surface area contributed by atoms with Crippen molar-refractivity contribution in [2.75, 3.05) is 0 Å². The maximum atomic E-state index is 13.3. The standard InChI is InChI=1S/C20H17F2N3O3S/c1-12-11-25(15-8-9-16-17(10-15)28-20(21,22)27-16)19(29-12)24-18(26)23-13(2)14-6-4-3-5-7-14/h3-11,13H,1-2H3,(H,23,26). The molecule has 9 heteroatoms. The third-order valence-corrected chi connectivity index (χ3v) is 5.17. The van der Waals surface area contributed by atoms with Gasteiger partial charge < -0.3 is 14.8 Å². The molecule has 1 aliphatic rings. The first-order valence-corrected chi connectivity index (χ1v) is 9.62. The summed E-state index contributed by atoms with van der Waals surface area (Å²) in [6.07, 6.45) is -1.91. The van der Waals surface area contributed by atoms with Crippen LogP contribution in [0.25, 0.3) is 5.69 Å². The lowest BCUT2D eigenvalue weighted by Gasteiger charge is -2.11. The quantitative estimate of drug-likeness (QED) is 0.681. The molecule has 150 valence electrons. The normalized spacial score (nSPS) is 15.9. The average molecular weight is 417 g/mol. The van der Waals surface area contributed by atoms with Gasteiger partial charge in [-0.3, -0.25) is 4.57 Å². The van der Waals surface area contributed by atoms with E-state index >= 15 is 0 Å². The van der Waals surface area contributed by atoms with Crippen molar-refractivity contribution in [3.63, 3.8) is 0 Å². The number of nitrogens with one attached hydrogen (secondary N) is 1. The van der Waals surface area contributed by atoms with Crippen molar-refractivity contribution in [3.8, 4) is 17.2 Å². The van der Waals surface area contributed by atoms with Gasteiger partial charge in [0.15, 0.2) is 16.3 Å². The number of carbonyl (C=O) groups excluding carboxylic acids is 1. The lowest BCUT2D eigenvalue weighted by Crippen LogP contribution is -2.26. The number of thiazole rings is 1. The minimum atomic E-state index is -3.68. The number of hydrogen-bond acceptors (Lipinski definition) is 4. The predicted octanol–water partition coefficient (Wildman–Crippen LogP) is 4.54. The second kappa shape index (κ2) is 7.32. The monoisotopic (exact) mass is 417 g/mol. The van der Waals surface area contributed by atoms with Gasteiger partial charge in [0.1, 0.15) is 0 Å². The molecule has 0 aliphatic carbocycles. The Kier molecular flexibility index (Phi) is 4.83. The first-order valence-electron chi connectivity index (χ1n) is 8.80. The molecule has 0 spiro atoms. The van der Waals surface area contributed by atoms with Crippen LogP contribution in [0.5, 0.6) is 11.5 Å². The Morgan fingerprint density at radius 3 is 2.66 bits per heavy atom. The molecule has 1 unspecified atom stereocenters. The van der Waals surface area contributed by atoms with E-state index < -0.39 is 12.3 Å². The molecule has 1 atom stereocenters. The molecule has 1 N–H and O–H groups in total. The Hall–Kier alpha value is -3.20. The van der Waals surface area contributed by atoms with Gasteiger partial charge in [-0.25, -0.2) is 4.79 Å². The van der Waals surface area contributed by atoms with E-state index in [4.69, 9.17) is 0 Å². The van der Waals surface area contributed by atoms with E-state index in [1.54, 1.807) is 16.8 Å². The molecular formula is C20H17F2N3O3S. The van der Waals surface area contributed by atoms with Crippen molar-refractivity contribution < 1.29 is 23.0 Å². The van der Waals surface area contributed by atoms with Gasteiger partial charge in [0.2, 0.25) is 0 Å². The number of halogens is 2. The Bertz CT molecular complexity index is 1130. The molecule has 2 aromatic carbocycles. The number of fused-ring (bicyclic) bond motifs is 1. The summed E-state index contributed by atoms with van der Waals surface area (Å²) in [5, 5.41) is 2.83. The van der Waals surface area contributed by atoms with Crippen molar-refractivity contribution in [2.24, 2.45) is 4.99 Å². The van der Waals surface area contributed by atoms with Crippen LogP contribution >= 0.6 is 11.3 Å². The predicted molar refractivity (Wildman–Crippen MR) is 104 cm³/mol. The summed E-state index contributed by atoms with van der Waals surface area (Å²) < 4.78 is 37.1. The van der Waals surface area contributed by atoms with E-state index in [2.05, 4.69) is 19.8 Å². The summed E-state index contributed by atoms with van der Waals surface area (Å²) in [5.41, 5.74) is 1.49. The number of alkyl halides is 2. The van der Waals surface area contributed by atoms with Crippen LogP contribution < -0.4 is 19.6 Å². The molecule has 3 aromatic rings. The molecule has 0 bridgehead atoms. The number of carbonyl (C=O) groups is 1. The molecule has 1 aromatic heterocycles. The molecule has 1 aliphatic heterocycles. The fourth-order valence-corrected chi connectivity index (χ4v) is 3.77. The minimum Gasteiger partial charge on any atom is -0.395 e. The van der Waals surface area contributed by atoms with Crippen LogP contribution in [0.4, 0.5) is 13.6 Å². The zero-order valence-corrected chi connectivity index (χ0v) is 16.4. The molecule has 0 saturated heterocycles. The van der Waals surface area contributed by atoms with Crippen LogP contribution in [0.15, 0.2) is 59.7 Å². The van der Waals surface area contributed by atoms with Crippen LogP contribution in [-0.4, -0.2) is 16.9 Å². The fraction of sp³-hybridized carbons (Fsp3) is 0.200. The van der Waals surface area contributed by atoms with E-state index in [1.165, 1.54) is 23.5 Å². The largest absolute Gasteiger partial charge is 0.586 e. The van der Waals surface area contributed by atoms with Crippen molar-refractivity contribution in [1.29, 1.82) is 0 Å². The van der Waals surface area contributed by atoms with E-state index in [-0.39, 0.29) is 17.5 Å². The highest BCUT2D eigenvalue weighted by atomic mass is 32.1. The molecule has 0 fully saturated rings. The average Bonchev–Trinajstić information content (AvgIpc) is 3.18. The number of nitrogens with zero attached hydrogens (tertiary/aromatic N) is 2. The molecule has 0 radical (unpaired) electrons. The number of hydrogen-bond donors (Lipinski definition) is 1. The topological polar surface area (TPSA) is 64.8 Å². The molecular weight excluding hydrogens is 400 g/mol. The van der Waals surface area contributed by atoms with Crippen molar-refractivity contribution >= 4 is 17.4 Å². The Morgan fingerprint density at radius 1 is 1.17 bits per heavy atom. The van der Waals surface area contributed by atoms with Gasteiger partial charge in [0.05, 0.1) is 11.7 Å². The number of rotatable bonds is 3. The van der Waals surface area contributed by atoms with Gasteiger partial charge in [-0.15, -0.1) is 20.1 Å². The maximum Gasteiger partial charge on any atom is 0.586 e. The highest BCUT2D eigenvalue weighted by Crippen LogP contribution is 2.41. The van der Waals surface area contributed by atoms with Gasteiger partial charge in [-0.1, -0.05) is 30.3 Å². The minimum absolute atomic E-state index is 0.0424. The van der Waals surface area contributed by atoms with Crippen molar-refractivity contribution in [3.05, 3.63) is 70.0 Å². The lowest BCUT2D eigenvalue weighted by molar-refractivity contribution is -0.286. The smallest absolute Gasteiger partial charge is 0.395 e. The first-order chi connectivity index (χ1) is 13.8. The van der Waals surface area contributed by atoms with E-state index in [0.29, 0.717) is 10.5 Å². The van der Waals surface area contributed by atoms with Gasteiger partial charge in [-0.05, 0) is 31.5 Å². The van der Waals surface area contributed by atoms with Crippen LogP contribution in [0, 0.1) is 6.92 Å². The van der Waals surface area contributed by atoms with Gasteiger partial charge >= 0.3 is 12.3 Å². The number of ether oxygens (including phenoxy) is 2. The Balaban J connectivity index is 1.61. The van der Waals surface area contributed by atoms with Crippen LogP contribution in [0.2, 0.25) is 0 Å². The third-order valence-electron chi connectivity index (χ3n) is 4.27. The summed E-state index contributed by atoms with van der Waals surface area (Å²) >= 11 is 1.31. The zero-order valence-electron chi connectivity index (χ0n) is 15.6. The summed E-state index contributed by atoms with van der Waals surface area (Å²) in [4.78, 5) is 17.9. The summed E-state index contributed by atoms with van der Waals surface area (Å²) in [6.45, 7) is 3.74. The van der Waals surface area contributed by atoms with Crippen molar-refractivity contribution in [1.82, 2.24) is 9.88 Å². The van der Waals surface area contributed by atoms with Crippen LogP contribution in [0.1, 0.15) is 23.4 Å².